The zero-order valence-electron chi connectivity index (χ0n) is 19.0. The number of aromatic nitrogens is 3. The number of nitrogens with zero attached hydrogens (tertiary/aromatic N) is 4. The van der Waals surface area contributed by atoms with Crippen molar-refractivity contribution < 1.29 is 14.3 Å². The molecule has 2 saturated heterocycles. The molecule has 4 heterocycles. The molecule has 0 unspecified atom stereocenters. The fraction of sp³-hybridized carbons (Fsp3) is 0.652. The Morgan fingerprint density at radius 3 is 2.75 bits per heavy atom. The number of ether oxygens (including phenoxy) is 1. The predicted octanol–water partition coefficient (Wildman–Crippen LogP) is 1.80. The summed E-state index contributed by atoms with van der Waals surface area (Å²) in [5.74, 6) is 0.281. The van der Waals surface area contributed by atoms with Gasteiger partial charge in [-0.25, -0.2) is 9.78 Å². The van der Waals surface area contributed by atoms with Crippen molar-refractivity contribution in [2.75, 3.05) is 39.9 Å². The zero-order chi connectivity index (χ0) is 22.7. The molecular formula is C23H33N5O4. The highest BCUT2D eigenvalue weighted by molar-refractivity contribution is 5.86. The maximum absolute atomic E-state index is 13.0. The van der Waals surface area contributed by atoms with Crippen LogP contribution in [-0.2, 0) is 14.3 Å². The Balaban J connectivity index is 1.37. The number of methoxy groups -OCH3 is 1. The summed E-state index contributed by atoms with van der Waals surface area (Å²) in [7, 11) is 1.64. The molecule has 0 aromatic carbocycles. The third-order valence-corrected chi connectivity index (χ3v) is 6.86. The Bertz CT molecular complexity index is 1010. The highest BCUT2D eigenvalue weighted by Crippen LogP contribution is 2.28. The quantitative estimate of drug-likeness (QED) is 0.734. The molecule has 2 aromatic heterocycles. The van der Waals surface area contributed by atoms with Gasteiger partial charge in [-0.2, -0.15) is 0 Å². The van der Waals surface area contributed by atoms with Crippen LogP contribution in [0.15, 0.2) is 23.1 Å². The number of aromatic amines is 1. The lowest BCUT2D eigenvalue weighted by atomic mass is 9.94. The topological polar surface area (TPSA) is 101 Å². The second-order valence-electron chi connectivity index (χ2n) is 9.14. The Morgan fingerprint density at radius 2 is 2.00 bits per heavy atom. The lowest BCUT2D eigenvalue weighted by Gasteiger charge is -2.33. The highest BCUT2D eigenvalue weighted by atomic mass is 16.5. The Kier molecular flexibility index (Phi) is 6.93. The van der Waals surface area contributed by atoms with Crippen molar-refractivity contribution in [1.29, 1.82) is 0 Å². The van der Waals surface area contributed by atoms with E-state index >= 15 is 0 Å². The summed E-state index contributed by atoms with van der Waals surface area (Å²) in [6.45, 7) is 5.15. The molecule has 0 radical (unpaired) electrons. The van der Waals surface area contributed by atoms with Crippen LogP contribution < -0.4 is 5.69 Å². The number of rotatable bonds is 6. The van der Waals surface area contributed by atoms with Crippen LogP contribution in [0.4, 0.5) is 0 Å². The first kappa shape index (κ1) is 22.5. The monoisotopic (exact) mass is 443 g/mol. The second-order valence-corrected chi connectivity index (χ2v) is 9.14. The smallest absolute Gasteiger partial charge is 0.327 e. The molecule has 2 atom stereocenters. The minimum atomic E-state index is -0.260. The molecule has 9 heteroatoms. The van der Waals surface area contributed by atoms with Crippen LogP contribution in [0.2, 0.25) is 0 Å². The van der Waals surface area contributed by atoms with E-state index in [1.54, 1.807) is 17.9 Å². The summed E-state index contributed by atoms with van der Waals surface area (Å²) in [5.41, 5.74) is 1.24. The molecule has 4 rings (SSSR count). The Labute approximate surface area is 187 Å². The lowest BCUT2D eigenvalue weighted by molar-refractivity contribution is -0.142. The molecule has 174 valence electrons. The maximum atomic E-state index is 13.0. The summed E-state index contributed by atoms with van der Waals surface area (Å²) in [6, 6.07) is 3.76. The van der Waals surface area contributed by atoms with Crippen molar-refractivity contribution in [3.63, 3.8) is 0 Å². The van der Waals surface area contributed by atoms with E-state index in [4.69, 9.17) is 4.74 Å². The number of imidazole rings is 1. The van der Waals surface area contributed by atoms with E-state index in [9.17, 15) is 14.4 Å². The van der Waals surface area contributed by atoms with Crippen molar-refractivity contribution in [3.05, 3.63) is 28.8 Å². The van der Waals surface area contributed by atoms with E-state index in [2.05, 4.69) is 16.9 Å². The first-order valence-electron chi connectivity index (χ1n) is 11.6. The minimum absolute atomic E-state index is 0.0365. The second kappa shape index (κ2) is 9.85. The maximum Gasteiger partial charge on any atom is 0.327 e. The third-order valence-electron chi connectivity index (χ3n) is 6.86. The molecular weight excluding hydrogens is 410 g/mol. The van der Waals surface area contributed by atoms with Gasteiger partial charge in [-0.3, -0.25) is 19.1 Å². The molecule has 1 N–H and O–H groups in total. The van der Waals surface area contributed by atoms with Gasteiger partial charge in [0.05, 0.1) is 12.1 Å². The first-order valence-corrected chi connectivity index (χ1v) is 11.6. The first-order chi connectivity index (χ1) is 15.5. The van der Waals surface area contributed by atoms with Crippen LogP contribution in [0, 0.1) is 11.8 Å². The largest absolute Gasteiger partial charge is 0.383 e. The molecule has 2 aromatic rings. The summed E-state index contributed by atoms with van der Waals surface area (Å²) in [5, 5.41) is 0. The SMILES string of the molecule is COCCN1C[C@@H](C)CC[C@@H](CC(=O)N2CCC(n3c(=O)[nH]c4ncccc43)CC2)C1=O. The molecule has 2 aliphatic heterocycles. The molecule has 0 saturated carbocycles. The third kappa shape index (κ3) is 4.72. The van der Waals surface area contributed by atoms with Crippen LogP contribution in [-0.4, -0.2) is 76.0 Å². The average molecular weight is 444 g/mol. The van der Waals surface area contributed by atoms with Gasteiger partial charge < -0.3 is 14.5 Å². The number of H-pyrrole nitrogens is 1. The van der Waals surface area contributed by atoms with Gasteiger partial charge in [0.15, 0.2) is 5.65 Å². The average Bonchev–Trinajstić information content (AvgIpc) is 3.07. The number of carbonyl (C=O) groups excluding carboxylic acids is 2. The number of hydrogen-bond donors (Lipinski definition) is 1. The van der Waals surface area contributed by atoms with Gasteiger partial charge in [0, 0.05) is 57.9 Å². The zero-order valence-corrected chi connectivity index (χ0v) is 19.0. The fourth-order valence-electron chi connectivity index (χ4n) is 5.05. The normalized spacial score (nSPS) is 23.0. The van der Waals surface area contributed by atoms with E-state index in [1.807, 2.05) is 21.9 Å². The standard InChI is InChI=1S/C23H33N5O4/c1-16-5-6-17(22(30)27(15-16)12-13-32-2)14-20(29)26-10-7-18(8-11-26)28-19-4-3-9-24-21(19)25-23(28)31/h3-4,9,16-18H,5-8,10-15H2,1-2H3,(H,24,25,31)/t16-,17-/m0/s1. The Hall–Kier alpha value is -2.68. The number of amides is 2. The van der Waals surface area contributed by atoms with E-state index in [-0.39, 0.29) is 35.9 Å². The lowest BCUT2D eigenvalue weighted by Crippen LogP contribution is -2.43. The fourth-order valence-corrected chi connectivity index (χ4v) is 5.05. The summed E-state index contributed by atoms with van der Waals surface area (Å²) in [6.07, 6.45) is 5.05. The van der Waals surface area contributed by atoms with Crippen LogP contribution in [0.3, 0.4) is 0 Å². The highest BCUT2D eigenvalue weighted by Gasteiger charge is 2.33. The van der Waals surface area contributed by atoms with Gasteiger partial charge in [0.25, 0.3) is 0 Å². The van der Waals surface area contributed by atoms with Crippen molar-refractivity contribution in [3.8, 4) is 0 Å². The number of hydrogen-bond acceptors (Lipinski definition) is 5. The van der Waals surface area contributed by atoms with Gasteiger partial charge in [-0.1, -0.05) is 6.92 Å². The molecule has 9 nitrogen and oxygen atoms in total. The van der Waals surface area contributed by atoms with Crippen LogP contribution >= 0.6 is 0 Å². The molecule has 2 amide bonds. The summed E-state index contributed by atoms with van der Waals surface area (Å²) < 4.78 is 6.93. The number of pyridine rings is 1. The van der Waals surface area contributed by atoms with Gasteiger partial charge in [0.1, 0.15) is 0 Å². The molecule has 2 aliphatic rings. The molecule has 0 spiro atoms. The van der Waals surface area contributed by atoms with Gasteiger partial charge in [-0.15, -0.1) is 0 Å². The van der Waals surface area contributed by atoms with Crippen LogP contribution in [0.5, 0.6) is 0 Å². The van der Waals surface area contributed by atoms with E-state index in [0.29, 0.717) is 50.6 Å². The van der Waals surface area contributed by atoms with Gasteiger partial charge >= 0.3 is 5.69 Å². The molecule has 0 bridgehead atoms. The van der Waals surface area contributed by atoms with Crippen molar-refractivity contribution >= 4 is 23.0 Å². The van der Waals surface area contributed by atoms with Crippen LogP contribution in [0.1, 0.15) is 45.1 Å². The molecule has 0 aliphatic carbocycles. The Morgan fingerprint density at radius 1 is 1.22 bits per heavy atom. The number of piperidine rings is 1. The predicted molar refractivity (Wildman–Crippen MR) is 120 cm³/mol. The summed E-state index contributed by atoms with van der Waals surface area (Å²) >= 11 is 0. The van der Waals surface area contributed by atoms with E-state index < -0.39 is 0 Å². The van der Waals surface area contributed by atoms with Crippen molar-refractivity contribution in [1.82, 2.24) is 24.3 Å². The minimum Gasteiger partial charge on any atom is -0.383 e. The molecule has 2 fully saturated rings. The number of nitrogens with one attached hydrogen (secondary N) is 1. The number of likely N-dealkylation sites (tertiary alicyclic amines) is 2. The van der Waals surface area contributed by atoms with Crippen molar-refractivity contribution in [2.24, 2.45) is 11.8 Å². The van der Waals surface area contributed by atoms with Gasteiger partial charge in [0.2, 0.25) is 11.8 Å². The van der Waals surface area contributed by atoms with E-state index in [1.165, 1.54) is 0 Å². The van der Waals surface area contributed by atoms with Gasteiger partial charge in [-0.05, 0) is 43.7 Å². The van der Waals surface area contributed by atoms with Crippen molar-refractivity contribution in [2.45, 2.75) is 45.1 Å². The number of fused-ring (bicyclic) bond motifs is 1. The molecule has 32 heavy (non-hydrogen) atoms. The summed E-state index contributed by atoms with van der Waals surface area (Å²) in [4.78, 5) is 49.3. The van der Waals surface area contributed by atoms with Crippen LogP contribution in [0.25, 0.3) is 11.2 Å². The van der Waals surface area contributed by atoms with E-state index in [0.717, 1.165) is 24.9 Å². The number of carbonyl (C=O) groups is 2.